The lowest BCUT2D eigenvalue weighted by molar-refractivity contribution is 0.0477. The first kappa shape index (κ1) is 13.1. The van der Waals surface area contributed by atoms with Crippen molar-refractivity contribution in [2.45, 2.75) is 59.0 Å². The molecule has 0 amide bonds. The molecule has 0 aromatic carbocycles. The summed E-state index contributed by atoms with van der Waals surface area (Å²) in [5, 5.41) is 10.6. The lowest BCUT2D eigenvalue weighted by atomic mass is 9.74. The Labute approximate surface area is 109 Å². The molecule has 96 valence electrons. The number of aryl methyl sites for hydroxylation is 2. The fraction of sp³-hybridized carbons (Fsp3) is 0.733. The first-order valence-corrected chi connectivity index (χ1v) is 7.70. The Morgan fingerprint density at radius 2 is 2.06 bits per heavy atom. The molecule has 2 rings (SSSR count). The molecule has 1 heterocycles. The van der Waals surface area contributed by atoms with E-state index in [1.807, 2.05) is 0 Å². The van der Waals surface area contributed by atoms with Gasteiger partial charge in [0.2, 0.25) is 0 Å². The van der Waals surface area contributed by atoms with E-state index in [-0.39, 0.29) is 6.10 Å². The Balaban J connectivity index is 2.14. The van der Waals surface area contributed by atoms with Crippen molar-refractivity contribution in [2.24, 2.45) is 11.8 Å². The number of hydrogen-bond acceptors (Lipinski definition) is 2. The molecule has 1 aliphatic carbocycles. The van der Waals surface area contributed by atoms with Crippen LogP contribution in [0.5, 0.6) is 0 Å². The summed E-state index contributed by atoms with van der Waals surface area (Å²) in [6.07, 6.45) is 6.14. The van der Waals surface area contributed by atoms with Crippen molar-refractivity contribution >= 4 is 11.3 Å². The summed E-state index contributed by atoms with van der Waals surface area (Å²) in [4.78, 5) is 2.54. The second-order valence-electron chi connectivity index (χ2n) is 5.45. The number of aliphatic hydroxyl groups is 1. The van der Waals surface area contributed by atoms with Gasteiger partial charge in [-0.05, 0) is 43.7 Å². The van der Waals surface area contributed by atoms with E-state index < -0.39 is 0 Å². The van der Waals surface area contributed by atoms with E-state index >= 15 is 0 Å². The normalized spacial score (nSPS) is 27.1. The van der Waals surface area contributed by atoms with Crippen LogP contribution in [0.15, 0.2) is 6.07 Å². The van der Waals surface area contributed by atoms with E-state index in [9.17, 15) is 5.11 Å². The first-order chi connectivity index (χ1) is 8.13. The lowest BCUT2D eigenvalue weighted by Gasteiger charge is -2.34. The predicted molar refractivity (Wildman–Crippen MR) is 74.5 cm³/mol. The Morgan fingerprint density at radius 3 is 2.65 bits per heavy atom. The topological polar surface area (TPSA) is 20.2 Å². The molecule has 1 fully saturated rings. The van der Waals surface area contributed by atoms with Gasteiger partial charge in [-0.1, -0.05) is 32.6 Å². The average Bonchev–Trinajstić information content (AvgIpc) is 2.68. The second kappa shape index (κ2) is 5.53. The van der Waals surface area contributed by atoms with Gasteiger partial charge in [-0.25, -0.2) is 0 Å². The zero-order valence-corrected chi connectivity index (χ0v) is 12.0. The van der Waals surface area contributed by atoms with Gasteiger partial charge in [-0.15, -0.1) is 11.3 Å². The van der Waals surface area contributed by atoms with Crippen molar-refractivity contribution in [2.75, 3.05) is 0 Å². The van der Waals surface area contributed by atoms with Crippen LogP contribution >= 0.6 is 11.3 Å². The molecule has 3 atom stereocenters. The van der Waals surface area contributed by atoms with Crippen LogP contribution in [0.4, 0.5) is 0 Å². The maximum absolute atomic E-state index is 10.6. The third-order valence-electron chi connectivity index (χ3n) is 4.37. The highest BCUT2D eigenvalue weighted by molar-refractivity contribution is 7.12. The van der Waals surface area contributed by atoms with Crippen LogP contribution < -0.4 is 0 Å². The molecule has 1 aromatic rings. The van der Waals surface area contributed by atoms with E-state index in [2.05, 4.69) is 26.8 Å². The summed E-state index contributed by atoms with van der Waals surface area (Å²) in [6.45, 7) is 6.55. The minimum Gasteiger partial charge on any atom is -0.387 e. The molecular weight excluding hydrogens is 228 g/mol. The van der Waals surface area contributed by atoms with Gasteiger partial charge in [-0.2, -0.15) is 0 Å². The maximum atomic E-state index is 10.6. The summed E-state index contributed by atoms with van der Waals surface area (Å²) in [7, 11) is 0. The molecule has 2 heteroatoms. The number of rotatable bonds is 3. The minimum absolute atomic E-state index is 0.224. The standard InChI is InChI=1S/C15H24OS/c1-4-12-7-5-6-8-13(12)15(16)14-9-10(2)11(3)17-14/h9,12-13,15-16H,4-8H2,1-3H3. The van der Waals surface area contributed by atoms with Crippen molar-refractivity contribution < 1.29 is 5.11 Å². The van der Waals surface area contributed by atoms with Gasteiger partial charge in [-0.3, -0.25) is 0 Å². The summed E-state index contributed by atoms with van der Waals surface area (Å²) in [6, 6.07) is 2.19. The van der Waals surface area contributed by atoms with Crippen molar-refractivity contribution in [1.82, 2.24) is 0 Å². The van der Waals surface area contributed by atoms with Gasteiger partial charge in [0.1, 0.15) is 0 Å². The fourth-order valence-electron chi connectivity index (χ4n) is 3.12. The molecule has 0 aliphatic heterocycles. The highest BCUT2D eigenvalue weighted by Crippen LogP contribution is 2.42. The van der Waals surface area contributed by atoms with E-state index in [1.165, 1.54) is 47.4 Å². The third kappa shape index (κ3) is 2.74. The van der Waals surface area contributed by atoms with Crippen LogP contribution in [0.2, 0.25) is 0 Å². The molecular formula is C15H24OS. The summed E-state index contributed by atoms with van der Waals surface area (Å²) in [5.41, 5.74) is 1.33. The van der Waals surface area contributed by atoms with Crippen LogP contribution in [0, 0.1) is 25.7 Å². The molecule has 1 aromatic heterocycles. The highest BCUT2D eigenvalue weighted by Gasteiger charge is 2.31. The Morgan fingerprint density at radius 1 is 1.35 bits per heavy atom. The van der Waals surface area contributed by atoms with Crippen molar-refractivity contribution in [3.05, 3.63) is 21.4 Å². The second-order valence-corrected chi connectivity index (χ2v) is 6.74. The zero-order chi connectivity index (χ0) is 12.4. The molecule has 1 aliphatic rings. The predicted octanol–water partition coefficient (Wildman–Crippen LogP) is 4.61. The van der Waals surface area contributed by atoms with Gasteiger partial charge in [0.25, 0.3) is 0 Å². The van der Waals surface area contributed by atoms with Gasteiger partial charge >= 0.3 is 0 Å². The van der Waals surface area contributed by atoms with Gasteiger partial charge in [0.15, 0.2) is 0 Å². The molecule has 0 bridgehead atoms. The van der Waals surface area contributed by atoms with Crippen LogP contribution in [-0.2, 0) is 0 Å². The molecule has 0 radical (unpaired) electrons. The van der Waals surface area contributed by atoms with Gasteiger partial charge in [0.05, 0.1) is 6.10 Å². The third-order valence-corrected chi connectivity index (χ3v) is 5.60. The SMILES string of the molecule is CCC1CCCCC1C(O)c1cc(C)c(C)s1. The van der Waals surface area contributed by atoms with Crippen molar-refractivity contribution in [1.29, 1.82) is 0 Å². The molecule has 1 saturated carbocycles. The Kier molecular flexibility index (Phi) is 4.26. The zero-order valence-electron chi connectivity index (χ0n) is 11.2. The van der Waals surface area contributed by atoms with Crippen LogP contribution in [-0.4, -0.2) is 5.11 Å². The molecule has 1 N–H and O–H groups in total. The minimum atomic E-state index is -0.224. The average molecular weight is 252 g/mol. The molecule has 0 saturated heterocycles. The quantitative estimate of drug-likeness (QED) is 0.832. The van der Waals surface area contributed by atoms with E-state index in [0.717, 1.165) is 5.92 Å². The highest BCUT2D eigenvalue weighted by atomic mass is 32.1. The Bertz CT molecular complexity index is 349. The molecule has 1 nitrogen and oxygen atoms in total. The van der Waals surface area contributed by atoms with Crippen molar-refractivity contribution in [3.8, 4) is 0 Å². The van der Waals surface area contributed by atoms with Crippen molar-refractivity contribution in [3.63, 3.8) is 0 Å². The molecule has 0 spiro atoms. The van der Waals surface area contributed by atoms with E-state index in [4.69, 9.17) is 0 Å². The van der Waals surface area contributed by atoms with Gasteiger partial charge in [0, 0.05) is 9.75 Å². The smallest absolute Gasteiger partial charge is 0.0912 e. The Hall–Kier alpha value is -0.340. The summed E-state index contributed by atoms with van der Waals surface area (Å²) in [5.74, 6) is 1.22. The van der Waals surface area contributed by atoms with Crippen LogP contribution in [0.3, 0.4) is 0 Å². The number of hydrogen-bond donors (Lipinski definition) is 1. The van der Waals surface area contributed by atoms with Crippen LogP contribution in [0.25, 0.3) is 0 Å². The van der Waals surface area contributed by atoms with E-state index in [0.29, 0.717) is 5.92 Å². The summed E-state index contributed by atoms with van der Waals surface area (Å²) < 4.78 is 0. The summed E-state index contributed by atoms with van der Waals surface area (Å²) >= 11 is 1.78. The molecule has 17 heavy (non-hydrogen) atoms. The largest absolute Gasteiger partial charge is 0.387 e. The number of aliphatic hydroxyl groups excluding tert-OH is 1. The monoisotopic (exact) mass is 252 g/mol. The number of thiophene rings is 1. The fourth-order valence-corrected chi connectivity index (χ4v) is 4.22. The van der Waals surface area contributed by atoms with E-state index in [1.54, 1.807) is 11.3 Å². The maximum Gasteiger partial charge on any atom is 0.0912 e. The lowest BCUT2D eigenvalue weighted by Crippen LogP contribution is -2.24. The van der Waals surface area contributed by atoms with Gasteiger partial charge < -0.3 is 5.11 Å². The first-order valence-electron chi connectivity index (χ1n) is 6.88. The molecule has 3 unspecified atom stereocenters. The van der Waals surface area contributed by atoms with Crippen LogP contribution in [0.1, 0.15) is 60.4 Å².